The second-order valence-corrected chi connectivity index (χ2v) is 17.8. The number of amides is 8. The SMILES string of the molecule is COc1ccc(F)cc1C(C(=O)Nc1nccs1)N1Cc2ccc(C#Cc3ccc(C(=O)NC4CCN(C(=O)CCCNc5cccc6c5C(=O)N(C5CCC(=O)NC5=O)C6=O)CC4)nc3)cc2C1=O. The summed E-state index contributed by atoms with van der Waals surface area (Å²) in [6, 6.07) is 14.5. The van der Waals surface area contributed by atoms with Crippen molar-refractivity contribution in [1.82, 2.24) is 35.3 Å². The monoisotopic (exact) mass is 965 g/mol. The Labute approximate surface area is 404 Å². The molecule has 5 aromatic rings. The van der Waals surface area contributed by atoms with Crippen LogP contribution >= 0.6 is 11.3 Å². The van der Waals surface area contributed by atoms with Crippen molar-refractivity contribution >= 4 is 69.4 Å². The predicted octanol–water partition coefficient (Wildman–Crippen LogP) is 4.44. The number of hydrogen-bond donors (Lipinski definition) is 4. The second kappa shape index (κ2) is 20.1. The Morgan fingerprint density at radius 3 is 2.46 bits per heavy atom. The number of rotatable bonds is 13. The molecule has 3 aromatic carbocycles. The number of halogens is 1. The summed E-state index contributed by atoms with van der Waals surface area (Å²) >= 11 is 1.20. The number of fused-ring (bicyclic) bond motifs is 2. The molecule has 4 aliphatic heterocycles. The van der Waals surface area contributed by atoms with Gasteiger partial charge in [-0.2, -0.15) is 0 Å². The van der Waals surface area contributed by atoms with E-state index in [1.165, 1.54) is 60.0 Å². The average molecular weight is 966 g/mol. The van der Waals surface area contributed by atoms with Gasteiger partial charge in [0.05, 0.1) is 18.2 Å². The van der Waals surface area contributed by atoms with Gasteiger partial charge in [0.15, 0.2) is 5.13 Å². The van der Waals surface area contributed by atoms with Crippen LogP contribution in [0.1, 0.15) is 108 Å². The zero-order valence-corrected chi connectivity index (χ0v) is 38.4. The molecule has 4 N–H and O–H groups in total. The van der Waals surface area contributed by atoms with Crippen molar-refractivity contribution in [3.8, 4) is 17.6 Å². The maximum absolute atomic E-state index is 14.6. The molecule has 356 valence electrons. The number of carbonyl (C=O) groups excluding carboxylic acids is 8. The van der Waals surface area contributed by atoms with E-state index in [0.717, 1.165) is 4.90 Å². The van der Waals surface area contributed by atoms with Crippen LogP contribution < -0.4 is 26.0 Å². The average Bonchev–Trinajstić information content (AvgIpc) is 4.06. The molecule has 0 aliphatic carbocycles. The zero-order chi connectivity index (χ0) is 49.1. The molecule has 8 amide bonds. The quantitative estimate of drug-likeness (QED) is 0.0730. The molecule has 70 heavy (non-hydrogen) atoms. The highest BCUT2D eigenvalue weighted by Crippen LogP contribution is 2.38. The van der Waals surface area contributed by atoms with E-state index >= 15 is 0 Å². The number of imide groups is 2. The Balaban J connectivity index is 0.743. The topological polar surface area (TPSA) is 229 Å². The molecule has 2 fully saturated rings. The number of ether oxygens (including phenoxy) is 1. The number of nitrogens with one attached hydrogen (secondary N) is 4. The number of hydrogen-bond acceptors (Lipinski definition) is 13. The number of thiazole rings is 1. The largest absolute Gasteiger partial charge is 0.496 e. The van der Waals surface area contributed by atoms with Crippen LogP contribution in [0.3, 0.4) is 0 Å². The van der Waals surface area contributed by atoms with Crippen LogP contribution in [0, 0.1) is 17.7 Å². The fourth-order valence-electron chi connectivity index (χ4n) is 9.00. The minimum absolute atomic E-state index is 0.0242. The number of likely N-dealkylation sites (tertiary alicyclic amines) is 1. The van der Waals surface area contributed by atoms with Gasteiger partial charge in [-0.25, -0.2) is 14.4 Å². The molecule has 0 bridgehead atoms. The molecule has 2 aromatic heterocycles. The maximum atomic E-state index is 14.6. The standard InChI is InChI=1S/C50H44FN9O9S/c1-69-39-15-12-31(51)25-35(39)43(46(65)57-50-53-20-23-70-50)59-27-30-11-9-28(24-34(30)47(59)66)7-8-29-10-13-37(54-26-29)44(63)55-32-17-21-58(22-18-32)41(62)6-3-19-52-36-5-2-4-33-42(36)49(68)60(48(33)67)38-14-16-40(61)56-45(38)64/h2,4-5,9-13,15,20,23-26,32,38,43,52H,3,6,14,16-19,21-22,27H2,1H3,(H,55,63)(H,53,57,65)(H,56,61,64). The Hall–Kier alpha value is -8.31. The Morgan fingerprint density at radius 2 is 1.71 bits per heavy atom. The lowest BCUT2D eigenvalue weighted by atomic mass is 10.0. The van der Waals surface area contributed by atoms with Gasteiger partial charge in [-0.1, -0.05) is 24.0 Å². The molecular formula is C50H44FN9O9S. The molecular weight excluding hydrogens is 922 g/mol. The third-order valence-electron chi connectivity index (χ3n) is 12.5. The van der Waals surface area contributed by atoms with Crippen LogP contribution in [0.5, 0.6) is 5.75 Å². The van der Waals surface area contributed by atoms with Crippen molar-refractivity contribution in [2.24, 2.45) is 0 Å². The second-order valence-electron chi connectivity index (χ2n) is 16.9. The summed E-state index contributed by atoms with van der Waals surface area (Å²) in [5.74, 6) is 1.94. The fraction of sp³-hybridized carbons (Fsp3) is 0.280. The summed E-state index contributed by atoms with van der Waals surface area (Å²) in [6.07, 6.45) is 4.88. The smallest absolute Gasteiger partial charge is 0.270 e. The van der Waals surface area contributed by atoms with Crippen LogP contribution in [-0.4, -0.2) is 111 Å². The van der Waals surface area contributed by atoms with E-state index in [1.54, 1.807) is 52.7 Å². The summed E-state index contributed by atoms with van der Waals surface area (Å²) in [5.41, 5.74) is 3.17. The molecule has 20 heteroatoms. The third-order valence-corrected chi connectivity index (χ3v) is 13.2. The van der Waals surface area contributed by atoms with Crippen molar-refractivity contribution in [2.45, 2.75) is 63.2 Å². The van der Waals surface area contributed by atoms with Gasteiger partial charge in [0.25, 0.3) is 29.5 Å². The van der Waals surface area contributed by atoms with Gasteiger partial charge in [0, 0.05) is 90.8 Å². The lowest BCUT2D eigenvalue weighted by Crippen LogP contribution is -2.54. The molecule has 18 nitrogen and oxygen atoms in total. The Kier molecular flexibility index (Phi) is 13.4. The molecule has 9 rings (SSSR count). The van der Waals surface area contributed by atoms with E-state index in [9.17, 15) is 42.7 Å². The first kappa shape index (κ1) is 46.8. The van der Waals surface area contributed by atoms with Crippen LogP contribution in [0.15, 0.2) is 84.5 Å². The summed E-state index contributed by atoms with van der Waals surface area (Å²) in [7, 11) is 1.40. The summed E-state index contributed by atoms with van der Waals surface area (Å²) < 4.78 is 20.0. The number of nitrogens with zero attached hydrogens (tertiary/aromatic N) is 5. The Bertz CT molecular complexity index is 3020. The molecule has 0 saturated carbocycles. The van der Waals surface area contributed by atoms with Crippen molar-refractivity contribution in [3.63, 3.8) is 0 Å². The number of piperidine rings is 2. The van der Waals surface area contributed by atoms with Crippen molar-refractivity contribution in [3.05, 3.63) is 135 Å². The summed E-state index contributed by atoms with van der Waals surface area (Å²) in [6.45, 7) is 1.33. The molecule has 2 unspecified atom stereocenters. The molecule has 6 heterocycles. The van der Waals surface area contributed by atoms with E-state index in [1.807, 2.05) is 0 Å². The lowest BCUT2D eigenvalue weighted by molar-refractivity contribution is -0.136. The number of anilines is 2. The predicted molar refractivity (Wildman–Crippen MR) is 251 cm³/mol. The van der Waals surface area contributed by atoms with E-state index < -0.39 is 53.3 Å². The highest BCUT2D eigenvalue weighted by Gasteiger charge is 2.46. The molecule has 0 spiro atoms. The minimum Gasteiger partial charge on any atom is -0.496 e. The van der Waals surface area contributed by atoms with Crippen LogP contribution in [0.4, 0.5) is 15.2 Å². The van der Waals surface area contributed by atoms with Gasteiger partial charge in [0.1, 0.15) is 29.3 Å². The van der Waals surface area contributed by atoms with E-state index in [2.05, 4.69) is 43.1 Å². The number of methoxy groups -OCH3 is 1. The van der Waals surface area contributed by atoms with Crippen LogP contribution in [-0.2, 0) is 25.7 Å². The van der Waals surface area contributed by atoms with Gasteiger partial charge < -0.3 is 25.2 Å². The maximum Gasteiger partial charge on any atom is 0.270 e. The van der Waals surface area contributed by atoms with E-state index in [4.69, 9.17) is 4.74 Å². The van der Waals surface area contributed by atoms with Crippen LogP contribution in [0.2, 0.25) is 0 Å². The van der Waals surface area contributed by atoms with E-state index in [0.29, 0.717) is 72.0 Å². The number of pyridine rings is 1. The summed E-state index contributed by atoms with van der Waals surface area (Å²) in [4.78, 5) is 117. The molecule has 2 saturated heterocycles. The van der Waals surface area contributed by atoms with Gasteiger partial charge in [0.2, 0.25) is 17.7 Å². The minimum atomic E-state index is -1.24. The molecule has 2 atom stereocenters. The third kappa shape index (κ3) is 9.69. The summed E-state index contributed by atoms with van der Waals surface area (Å²) in [5, 5.41) is 13.1. The van der Waals surface area contributed by atoms with E-state index in [-0.39, 0.29) is 71.8 Å². The fourth-order valence-corrected chi connectivity index (χ4v) is 9.53. The normalized spacial score (nSPS) is 17.0. The number of carbonyl (C=O) groups is 8. The zero-order valence-electron chi connectivity index (χ0n) is 37.6. The first-order valence-electron chi connectivity index (χ1n) is 22.5. The molecule has 0 radical (unpaired) electrons. The highest BCUT2D eigenvalue weighted by molar-refractivity contribution is 7.13. The Morgan fingerprint density at radius 1 is 0.914 bits per heavy atom. The van der Waals surface area contributed by atoms with Crippen LogP contribution in [0.25, 0.3) is 0 Å². The highest BCUT2D eigenvalue weighted by atomic mass is 32.1. The van der Waals surface area contributed by atoms with Gasteiger partial charge in [-0.05, 0) is 85.8 Å². The van der Waals surface area contributed by atoms with Gasteiger partial charge in [-0.15, -0.1) is 11.3 Å². The number of benzene rings is 3. The lowest BCUT2D eigenvalue weighted by Gasteiger charge is -2.32. The van der Waals surface area contributed by atoms with Gasteiger partial charge in [-0.3, -0.25) is 53.9 Å². The van der Waals surface area contributed by atoms with Crippen molar-refractivity contribution < 1.29 is 47.5 Å². The first-order valence-corrected chi connectivity index (χ1v) is 23.4. The number of aromatic nitrogens is 2. The first-order chi connectivity index (χ1) is 33.9. The molecule has 4 aliphatic rings. The van der Waals surface area contributed by atoms with Crippen molar-refractivity contribution in [1.29, 1.82) is 0 Å². The van der Waals surface area contributed by atoms with Gasteiger partial charge >= 0.3 is 0 Å². The van der Waals surface area contributed by atoms with Crippen molar-refractivity contribution in [2.75, 3.05) is 37.4 Å².